The summed E-state index contributed by atoms with van der Waals surface area (Å²) in [4.78, 5) is 10.6. The van der Waals surface area contributed by atoms with Crippen molar-refractivity contribution >= 4 is 11.7 Å². The number of aromatic carboxylic acids is 1. The molecule has 0 aromatic heterocycles. The Hall–Kier alpha value is -1.93. The van der Waals surface area contributed by atoms with Gasteiger partial charge in [-0.05, 0) is 12.1 Å². The molecule has 100 valence electrons. The molecule has 0 bridgehead atoms. The summed E-state index contributed by atoms with van der Waals surface area (Å²) in [6.45, 7) is 0. The predicted octanol–water partition coefficient (Wildman–Crippen LogP) is 3.00. The number of hydrogen-bond donors (Lipinski definition) is 2. The molecule has 9 heteroatoms. The van der Waals surface area contributed by atoms with Gasteiger partial charge in [-0.1, -0.05) is 0 Å². The van der Waals surface area contributed by atoms with Gasteiger partial charge in [0, 0.05) is 5.69 Å². The summed E-state index contributed by atoms with van der Waals surface area (Å²) in [5.41, 5.74) is -1.95. The third kappa shape index (κ3) is 2.49. The fourth-order valence-corrected chi connectivity index (χ4v) is 1.38. The van der Waals surface area contributed by atoms with Gasteiger partial charge in [-0.15, -0.1) is 0 Å². The molecular weight excluding hydrogens is 268 g/mol. The van der Waals surface area contributed by atoms with Crippen molar-refractivity contribution in [2.24, 2.45) is 0 Å². The highest BCUT2D eigenvalue weighted by Gasteiger charge is 2.44. The Kier molecular flexibility index (Phi) is 3.20. The standard InChI is InChI=1S/C9H5F6NO2/c10-8(11,12)3-1-2-4(16)6(9(13,14)15)5(3)7(17)18/h1-2H,16H2,(H,17,18). The normalized spacial score (nSPS) is 12.6. The molecule has 0 aliphatic carbocycles. The van der Waals surface area contributed by atoms with Gasteiger partial charge >= 0.3 is 18.3 Å². The van der Waals surface area contributed by atoms with E-state index in [2.05, 4.69) is 0 Å². The molecule has 18 heavy (non-hydrogen) atoms. The second-order valence-corrected chi connectivity index (χ2v) is 3.25. The maximum Gasteiger partial charge on any atom is 0.419 e. The van der Waals surface area contributed by atoms with Crippen LogP contribution >= 0.6 is 0 Å². The van der Waals surface area contributed by atoms with Crippen LogP contribution in [0.3, 0.4) is 0 Å². The summed E-state index contributed by atoms with van der Waals surface area (Å²) in [6.07, 6.45) is -10.5. The van der Waals surface area contributed by atoms with Crippen LogP contribution in [-0.2, 0) is 12.4 Å². The lowest BCUT2D eigenvalue weighted by molar-refractivity contribution is -0.143. The van der Waals surface area contributed by atoms with E-state index in [1.165, 1.54) is 0 Å². The summed E-state index contributed by atoms with van der Waals surface area (Å²) in [5.74, 6) is -2.35. The number of rotatable bonds is 1. The Balaban J connectivity index is 3.76. The highest BCUT2D eigenvalue weighted by atomic mass is 19.4. The average molecular weight is 273 g/mol. The molecule has 0 saturated carbocycles. The number of nitrogens with two attached hydrogens (primary N) is 1. The molecule has 1 rings (SSSR count). The van der Waals surface area contributed by atoms with Gasteiger partial charge in [-0.2, -0.15) is 26.3 Å². The van der Waals surface area contributed by atoms with E-state index in [-0.39, 0.29) is 6.07 Å². The number of carboxylic acid groups (broad SMARTS) is 1. The van der Waals surface area contributed by atoms with E-state index in [0.29, 0.717) is 6.07 Å². The summed E-state index contributed by atoms with van der Waals surface area (Å²) >= 11 is 0. The monoisotopic (exact) mass is 273 g/mol. The van der Waals surface area contributed by atoms with Crippen molar-refractivity contribution in [3.05, 3.63) is 28.8 Å². The predicted molar refractivity (Wildman–Crippen MR) is 47.8 cm³/mol. The van der Waals surface area contributed by atoms with Crippen LogP contribution in [-0.4, -0.2) is 11.1 Å². The van der Waals surface area contributed by atoms with Crippen molar-refractivity contribution in [1.82, 2.24) is 0 Å². The maximum absolute atomic E-state index is 12.5. The summed E-state index contributed by atoms with van der Waals surface area (Å²) in [5, 5.41) is 8.54. The molecule has 0 heterocycles. The Bertz CT molecular complexity index is 491. The quantitative estimate of drug-likeness (QED) is 0.610. The molecule has 0 fully saturated rings. The minimum absolute atomic E-state index is 0.202. The number of carbonyl (C=O) groups is 1. The first-order valence-electron chi connectivity index (χ1n) is 4.26. The summed E-state index contributed by atoms with van der Waals surface area (Å²) < 4.78 is 74.9. The first-order chi connectivity index (χ1) is 7.96. The second-order valence-electron chi connectivity index (χ2n) is 3.25. The van der Waals surface area contributed by atoms with Crippen molar-refractivity contribution in [3.8, 4) is 0 Å². The highest BCUT2D eigenvalue weighted by Crippen LogP contribution is 2.42. The number of anilines is 1. The molecule has 0 aliphatic rings. The molecule has 0 atom stereocenters. The summed E-state index contributed by atoms with van der Waals surface area (Å²) in [7, 11) is 0. The molecule has 0 spiro atoms. The van der Waals surface area contributed by atoms with Crippen LogP contribution in [0, 0.1) is 0 Å². The molecule has 1 aromatic rings. The van der Waals surface area contributed by atoms with E-state index in [9.17, 15) is 31.1 Å². The summed E-state index contributed by atoms with van der Waals surface area (Å²) in [6, 6.07) is 0.576. The van der Waals surface area contributed by atoms with Gasteiger partial charge in [0.1, 0.15) is 0 Å². The van der Waals surface area contributed by atoms with Crippen LogP contribution in [0.5, 0.6) is 0 Å². The first-order valence-corrected chi connectivity index (χ1v) is 4.26. The SMILES string of the molecule is Nc1ccc(C(F)(F)F)c(C(=O)O)c1C(F)(F)F. The van der Waals surface area contributed by atoms with Crippen LogP contribution in [0.1, 0.15) is 21.5 Å². The lowest BCUT2D eigenvalue weighted by Gasteiger charge is -2.17. The molecule has 0 unspecified atom stereocenters. The van der Waals surface area contributed by atoms with Gasteiger partial charge in [0.05, 0.1) is 16.7 Å². The van der Waals surface area contributed by atoms with Crippen molar-refractivity contribution < 1.29 is 36.2 Å². The zero-order chi connectivity index (χ0) is 14.3. The van der Waals surface area contributed by atoms with Gasteiger partial charge < -0.3 is 10.8 Å². The van der Waals surface area contributed by atoms with Gasteiger partial charge in [0.15, 0.2) is 0 Å². The van der Waals surface area contributed by atoms with E-state index in [4.69, 9.17) is 10.8 Å². The second kappa shape index (κ2) is 4.07. The average Bonchev–Trinajstić information content (AvgIpc) is 2.12. The minimum atomic E-state index is -5.29. The largest absolute Gasteiger partial charge is 0.478 e. The molecule has 3 N–H and O–H groups in total. The number of hydrogen-bond acceptors (Lipinski definition) is 2. The fourth-order valence-electron chi connectivity index (χ4n) is 1.38. The van der Waals surface area contributed by atoms with Gasteiger partial charge in [-0.3, -0.25) is 0 Å². The van der Waals surface area contributed by atoms with Crippen LogP contribution in [0.15, 0.2) is 12.1 Å². The number of carboxylic acids is 1. The molecule has 0 amide bonds. The molecular formula is C9H5F6NO2. The third-order valence-corrected chi connectivity index (χ3v) is 2.04. The lowest BCUT2D eigenvalue weighted by atomic mass is 9.98. The number of halogens is 6. The number of benzene rings is 1. The zero-order valence-electron chi connectivity index (χ0n) is 8.36. The molecule has 3 nitrogen and oxygen atoms in total. The Morgan fingerprint density at radius 1 is 1.06 bits per heavy atom. The van der Waals surface area contributed by atoms with Crippen LogP contribution in [0.25, 0.3) is 0 Å². The van der Waals surface area contributed by atoms with Crippen molar-refractivity contribution in [2.75, 3.05) is 5.73 Å². The van der Waals surface area contributed by atoms with Crippen molar-refractivity contribution in [3.63, 3.8) is 0 Å². The first kappa shape index (κ1) is 14.1. The molecule has 0 aliphatic heterocycles. The van der Waals surface area contributed by atoms with E-state index in [1.54, 1.807) is 0 Å². The zero-order valence-corrected chi connectivity index (χ0v) is 8.36. The van der Waals surface area contributed by atoms with E-state index < -0.39 is 40.7 Å². The van der Waals surface area contributed by atoms with E-state index >= 15 is 0 Å². The van der Waals surface area contributed by atoms with Crippen LogP contribution in [0.2, 0.25) is 0 Å². The van der Waals surface area contributed by atoms with Crippen molar-refractivity contribution in [1.29, 1.82) is 0 Å². The van der Waals surface area contributed by atoms with Crippen molar-refractivity contribution in [2.45, 2.75) is 12.4 Å². The Labute approximate surface area is 95.8 Å². The maximum atomic E-state index is 12.5. The number of nitrogen functional groups attached to an aromatic ring is 1. The minimum Gasteiger partial charge on any atom is -0.478 e. The van der Waals surface area contributed by atoms with E-state index in [0.717, 1.165) is 0 Å². The van der Waals surface area contributed by atoms with Gasteiger partial charge in [0.2, 0.25) is 0 Å². The Morgan fingerprint density at radius 3 is 1.89 bits per heavy atom. The van der Waals surface area contributed by atoms with Gasteiger partial charge in [-0.25, -0.2) is 4.79 Å². The van der Waals surface area contributed by atoms with E-state index in [1.807, 2.05) is 0 Å². The molecule has 1 aromatic carbocycles. The highest BCUT2D eigenvalue weighted by molar-refractivity contribution is 5.93. The topological polar surface area (TPSA) is 63.3 Å². The van der Waals surface area contributed by atoms with Crippen LogP contribution < -0.4 is 5.73 Å². The molecule has 0 saturated heterocycles. The Morgan fingerprint density at radius 2 is 1.56 bits per heavy atom. The van der Waals surface area contributed by atoms with Crippen LogP contribution in [0.4, 0.5) is 32.0 Å². The fraction of sp³-hybridized carbons (Fsp3) is 0.222. The smallest absolute Gasteiger partial charge is 0.419 e. The lowest BCUT2D eigenvalue weighted by Crippen LogP contribution is -2.21. The number of alkyl halides is 6. The molecule has 0 radical (unpaired) electrons. The third-order valence-electron chi connectivity index (χ3n) is 2.04. The van der Waals surface area contributed by atoms with Gasteiger partial charge in [0.25, 0.3) is 0 Å².